The van der Waals surface area contributed by atoms with E-state index in [1.54, 1.807) is 0 Å². The average molecular weight is 329 g/mol. The number of ether oxygens (including phenoxy) is 2. The molecule has 0 amide bonds. The smallest absolute Gasteiger partial charge is 0.310 e. The summed E-state index contributed by atoms with van der Waals surface area (Å²) in [5, 5.41) is 1.03. The van der Waals surface area contributed by atoms with Gasteiger partial charge in [-0.25, -0.2) is 0 Å². The van der Waals surface area contributed by atoms with E-state index in [0.29, 0.717) is 13.2 Å². The minimum Gasteiger partial charge on any atom is -0.493 e. The lowest BCUT2D eigenvalue weighted by Gasteiger charge is -2.11. The fourth-order valence-electron chi connectivity index (χ4n) is 1.71. The maximum atomic E-state index is 11.5. The first-order chi connectivity index (χ1) is 9.27. The first-order valence-corrected chi connectivity index (χ1v) is 7.82. The van der Waals surface area contributed by atoms with Crippen molar-refractivity contribution >= 4 is 21.9 Å². The van der Waals surface area contributed by atoms with E-state index in [-0.39, 0.29) is 12.4 Å². The van der Waals surface area contributed by atoms with Gasteiger partial charge in [0.05, 0.1) is 19.6 Å². The van der Waals surface area contributed by atoms with Gasteiger partial charge in [0.25, 0.3) is 0 Å². The molecule has 0 bridgehead atoms. The molecule has 0 aliphatic carbocycles. The van der Waals surface area contributed by atoms with Crippen molar-refractivity contribution in [1.29, 1.82) is 0 Å². The minimum atomic E-state index is -0.210. The zero-order valence-electron chi connectivity index (χ0n) is 11.4. The van der Waals surface area contributed by atoms with Crippen LogP contribution in [0.1, 0.15) is 31.7 Å². The van der Waals surface area contributed by atoms with Crippen LogP contribution in [0.15, 0.2) is 24.3 Å². The monoisotopic (exact) mass is 328 g/mol. The summed E-state index contributed by atoms with van der Waals surface area (Å²) in [6.07, 6.45) is 3.60. The summed E-state index contributed by atoms with van der Waals surface area (Å²) in [6.45, 7) is 2.91. The van der Waals surface area contributed by atoms with Crippen molar-refractivity contribution in [2.75, 3.05) is 18.5 Å². The lowest BCUT2D eigenvalue weighted by molar-refractivity contribution is -0.142. The number of rotatable bonds is 9. The molecule has 0 saturated heterocycles. The average Bonchev–Trinajstić information content (AvgIpc) is 2.40. The van der Waals surface area contributed by atoms with Crippen molar-refractivity contribution in [1.82, 2.24) is 0 Å². The Morgan fingerprint density at radius 2 is 2.00 bits per heavy atom. The van der Waals surface area contributed by atoms with Crippen LogP contribution < -0.4 is 4.74 Å². The number of hydrogen-bond donors (Lipinski definition) is 0. The third-order valence-corrected chi connectivity index (χ3v) is 3.21. The van der Waals surface area contributed by atoms with Crippen LogP contribution in [0, 0.1) is 0 Å². The van der Waals surface area contributed by atoms with E-state index >= 15 is 0 Å². The molecule has 19 heavy (non-hydrogen) atoms. The van der Waals surface area contributed by atoms with Crippen molar-refractivity contribution in [3.63, 3.8) is 0 Å². The summed E-state index contributed by atoms with van der Waals surface area (Å²) in [5.74, 6) is 0.576. The zero-order valence-corrected chi connectivity index (χ0v) is 12.9. The SMILES string of the molecule is CCOC(=O)Cc1ccccc1OCCCCCBr. The molecule has 0 fully saturated rings. The summed E-state index contributed by atoms with van der Waals surface area (Å²) in [7, 11) is 0. The second-order valence-electron chi connectivity index (χ2n) is 4.19. The molecule has 0 heterocycles. The number of alkyl halides is 1. The molecule has 0 unspecified atom stereocenters. The zero-order chi connectivity index (χ0) is 13.9. The van der Waals surface area contributed by atoms with Gasteiger partial charge < -0.3 is 9.47 Å². The molecule has 1 rings (SSSR count). The van der Waals surface area contributed by atoms with Gasteiger partial charge in [-0.2, -0.15) is 0 Å². The standard InChI is InChI=1S/C15H21BrO3/c1-2-18-15(17)12-13-8-4-5-9-14(13)19-11-7-3-6-10-16/h4-5,8-9H,2-3,6-7,10-12H2,1H3. The lowest BCUT2D eigenvalue weighted by atomic mass is 10.1. The van der Waals surface area contributed by atoms with Crippen LogP contribution in [0.5, 0.6) is 5.75 Å². The van der Waals surface area contributed by atoms with E-state index in [9.17, 15) is 4.79 Å². The van der Waals surface area contributed by atoms with E-state index < -0.39 is 0 Å². The number of carbonyl (C=O) groups excluding carboxylic acids is 1. The first kappa shape index (κ1) is 16.0. The molecule has 106 valence electrons. The van der Waals surface area contributed by atoms with Gasteiger partial charge in [0.1, 0.15) is 5.75 Å². The molecule has 0 aliphatic heterocycles. The molecule has 1 aromatic rings. The molecule has 0 saturated carbocycles. The maximum absolute atomic E-state index is 11.5. The van der Waals surface area contributed by atoms with E-state index in [2.05, 4.69) is 15.9 Å². The highest BCUT2D eigenvalue weighted by atomic mass is 79.9. The van der Waals surface area contributed by atoms with Gasteiger partial charge in [0.15, 0.2) is 0 Å². The normalized spacial score (nSPS) is 10.2. The topological polar surface area (TPSA) is 35.5 Å². The molecule has 0 spiro atoms. The van der Waals surface area contributed by atoms with Crippen LogP contribution >= 0.6 is 15.9 Å². The van der Waals surface area contributed by atoms with E-state index in [1.165, 1.54) is 0 Å². The summed E-state index contributed by atoms with van der Waals surface area (Å²) in [6, 6.07) is 7.64. The highest BCUT2D eigenvalue weighted by molar-refractivity contribution is 9.09. The largest absolute Gasteiger partial charge is 0.493 e. The summed E-state index contributed by atoms with van der Waals surface area (Å²) < 4.78 is 10.7. The highest BCUT2D eigenvalue weighted by Gasteiger charge is 2.09. The third-order valence-electron chi connectivity index (χ3n) is 2.65. The Morgan fingerprint density at radius 3 is 2.74 bits per heavy atom. The van der Waals surface area contributed by atoms with Gasteiger partial charge in [0.2, 0.25) is 0 Å². The fraction of sp³-hybridized carbons (Fsp3) is 0.533. The number of unbranched alkanes of at least 4 members (excludes halogenated alkanes) is 2. The lowest BCUT2D eigenvalue weighted by Crippen LogP contribution is -2.09. The minimum absolute atomic E-state index is 0.210. The molecule has 0 radical (unpaired) electrons. The van der Waals surface area contributed by atoms with Gasteiger partial charge in [0, 0.05) is 10.9 Å². The van der Waals surface area contributed by atoms with Crippen LogP contribution in [0.3, 0.4) is 0 Å². The molecule has 0 atom stereocenters. The van der Waals surface area contributed by atoms with Gasteiger partial charge in [-0.05, 0) is 32.3 Å². The summed E-state index contributed by atoms with van der Waals surface area (Å²) in [5.41, 5.74) is 0.890. The van der Waals surface area contributed by atoms with Gasteiger partial charge in [-0.15, -0.1) is 0 Å². The molecule has 0 N–H and O–H groups in total. The molecule has 3 nitrogen and oxygen atoms in total. The Morgan fingerprint density at radius 1 is 1.21 bits per heavy atom. The molecular weight excluding hydrogens is 308 g/mol. The fourth-order valence-corrected chi connectivity index (χ4v) is 2.11. The quantitative estimate of drug-likeness (QED) is 0.393. The molecule has 4 heteroatoms. The van der Waals surface area contributed by atoms with Crippen LogP contribution in [0.25, 0.3) is 0 Å². The Balaban J connectivity index is 2.46. The van der Waals surface area contributed by atoms with Gasteiger partial charge in [-0.1, -0.05) is 34.1 Å². The van der Waals surface area contributed by atoms with Gasteiger partial charge in [-0.3, -0.25) is 4.79 Å². The van der Waals surface area contributed by atoms with Crippen molar-refractivity contribution in [2.45, 2.75) is 32.6 Å². The van der Waals surface area contributed by atoms with Crippen molar-refractivity contribution < 1.29 is 14.3 Å². The number of esters is 1. The predicted molar refractivity (Wildman–Crippen MR) is 79.9 cm³/mol. The Labute approximate surface area is 123 Å². The Hall–Kier alpha value is -1.03. The summed E-state index contributed by atoms with van der Waals surface area (Å²) in [4.78, 5) is 11.5. The van der Waals surface area contributed by atoms with Crippen LogP contribution in [0.2, 0.25) is 0 Å². The van der Waals surface area contributed by atoms with Crippen LogP contribution in [-0.4, -0.2) is 24.5 Å². The van der Waals surface area contributed by atoms with Crippen molar-refractivity contribution in [3.05, 3.63) is 29.8 Å². The third kappa shape index (κ3) is 6.62. The number of hydrogen-bond acceptors (Lipinski definition) is 3. The molecule has 1 aromatic carbocycles. The Kier molecular flexibility index (Phi) is 8.30. The first-order valence-electron chi connectivity index (χ1n) is 6.70. The second kappa shape index (κ2) is 9.84. The van der Waals surface area contributed by atoms with E-state index in [0.717, 1.165) is 35.9 Å². The van der Waals surface area contributed by atoms with Crippen molar-refractivity contribution in [2.24, 2.45) is 0 Å². The van der Waals surface area contributed by atoms with Crippen molar-refractivity contribution in [3.8, 4) is 5.75 Å². The maximum Gasteiger partial charge on any atom is 0.310 e. The van der Waals surface area contributed by atoms with Crippen LogP contribution in [0.4, 0.5) is 0 Å². The number of benzene rings is 1. The molecular formula is C15H21BrO3. The van der Waals surface area contributed by atoms with E-state index in [4.69, 9.17) is 9.47 Å². The second-order valence-corrected chi connectivity index (χ2v) is 4.98. The van der Waals surface area contributed by atoms with Crippen LogP contribution in [-0.2, 0) is 16.0 Å². The highest BCUT2D eigenvalue weighted by Crippen LogP contribution is 2.19. The number of para-hydroxylation sites is 1. The van der Waals surface area contributed by atoms with E-state index in [1.807, 2.05) is 31.2 Å². The Bertz CT molecular complexity index is 379. The summed E-state index contributed by atoms with van der Waals surface area (Å²) >= 11 is 3.41. The molecule has 0 aromatic heterocycles. The number of halogens is 1. The molecule has 0 aliphatic rings. The predicted octanol–water partition coefficient (Wildman–Crippen LogP) is 3.74. The van der Waals surface area contributed by atoms with Gasteiger partial charge >= 0.3 is 5.97 Å². The number of carbonyl (C=O) groups is 1.